The predicted octanol–water partition coefficient (Wildman–Crippen LogP) is 5.14. The molecule has 2 aliphatic rings. The number of Topliss-reactive ketones (excluding diaryl/α,β-unsaturated/α-hetero) is 1. The molecule has 0 spiro atoms. The molecule has 0 radical (unpaired) electrons. The van der Waals surface area contributed by atoms with Crippen LogP contribution in [-0.2, 0) is 23.2 Å². The summed E-state index contributed by atoms with van der Waals surface area (Å²) >= 11 is 0. The Balaban J connectivity index is 1.28. The molecule has 11 nitrogen and oxygen atoms in total. The van der Waals surface area contributed by atoms with E-state index in [0.29, 0.717) is 24.3 Å². The highest BCUT2D eigenvalue weighted by Gasteiger charge is 2.32. The minimum Gasteiger partial charge on any atom is -0.418 e. The SMILES string of the molecule is CCn1cc(Nc2nccc(-c3ccc4c(c3)CN([C@@H]3CCOC3)CC[C@H]4CC(=O)c3nnc(C(C)(C)C)o3)n2)cn1. The van der Waals surface area contributed by atoms with Gasteiger partial charge in [0.05, 0.1) is 24.2 Å². The molecule has 6 rings (SSSR count). The summed E-state index contributed by atoms with van der Waals surface area (Å²) in [5.74, 6) is 1.00. The normalized spacial score (nSPS) is 19.4. The van der Waals surface area contributed by atoms with E-state index in [2.05, 4.69) is 48.7 Å². The minimum atomic E-state index is -0.311. The molecule has 2 aliphatic heterocycles. The number of benzene rings is 1. The summed E-state index contributed by atoms with van der Waals surface area (Å²) in [5.41, 5.74) is 4.75. The van der Waals surface area contributed by atoms with E-state index in [4.69, 9.17) is 14.1 Å². The first-order valence-electron chi connectivity index (χ1n) is 14.7. The summed E-state index contributed by atoms with van der Waals surface area (Å²) in [6.45, 7) is 12.0. The molecule has 0 aliphatic carbocycles. The van der Waals surface area contributed by atoms with E-state index < -0.39 is 0 Å². The number of hydrogen-bond donors (Lipinski definition) is 1. The highest BCUT2D eigenvalue weighted by Crippen LogP contribution is 2.36. The number of aromatic nitrogens is 6. The number of rotatable bonds is 8. The fourth-order valence-electron chi connectivity index (χ4n) is 5.67. The molecule has 0 amide bonds. The van der Waals surface area contributed by atoms with Crippen LogP contribution in [0.4, 0.5) is 11.6 Å². The lowest BCUT2D eigenvalue weighted by Gasteiger charge is -2.26. The first-order chi connectivity index (χ1) is 20.3. The summed E-state index contributed by atoms with van der Waals surface area (Å²) in [7, 11) is 0. The average molecular weight is 571 g/mol. The van der Waals surface area contributed by atoms with E-state index in [-0.39, 0.29) is 23.0 Å². The maximum absolute atomic E-state index is 13.3. The fourth-order valence-corrected chi connectivity index (χ4v) is 5.67. The van der Waals surface area contributed by atoms with Gasteiger partial charge in [-0.15, -0.1) is 10.2 Å². The molecule has 0 unspecified atom stereocenters. The Hall–Kier alpha value is -3.96. The minimum absolute atomic E-state index is 0.0385. The molecule has 0 bridgehead atoms. The molecule has 3 aromatic heterocycles. The first-order valence-corrected chi connectivity index (χ1v) is 14.7. The van der Waals surface area contributed by atoms with Crippen molar-refractivity contribution in [3.63, 3.8) is 0 Å². The lowest BCUT2D eigenvalue weighted by Crippen LogP contribution is -2.35. The molecular weight excluding hydrogens is 532 g/mol. The Morgan fingerprint density at radius 2 is 2.05 bits per heavy atom. The van der Waals surface area contributed by atoms with Gasteiger partial charge in [0.25, 0.3) is 5.89 Å². The Kier molecular flexibility index (Phi) is 7.87. The van der Waals surface area contributed by atoms with E-state index in [0.717, 1.165) is 62.6 Å². The number of hydrogen-bond acceptors (Lipinski definition) is 10. The third kappa shape index (κ3) is 6.12. The van der Waals surface area contributed by atoms with E-state index in [1.54, 1.807) is 12.4 Å². The van der Waals surface area contributed by atoms with Crippen LogP contribution in [0.5, 0.6) is 0 Å². The Morgan fingerprint density at radius 3 is 2.79 bits per heavy atom. The van der Waals surface area contributed by atoms with Crippen molar-refractivity contribution < 1.29 is 13.9 Å². The summed E-state index contributed by atoms with van der Waals surface area (Å²) < 4.78 is 13.4. The number of ether oxygens (including phenoxy) is 1. The van der Waals surface area contributed by atoms with Gasteiger partial charge >= 0.3 is 0 Å². The van der Waals surface area contributed by atoms with Crippen molar-refractivity contribution in [3.05, 3.63) is 65.8 Å². The number of nitrogens with zero attached hydrogens (tertiary/aromatic N) is 7. The van der Waals surface area contributed by atoms with Gasteiger partial charge < -0.3 is 14.5 Å². The van der Waals surface area contributed by atoms with Crippen molar-refractivity contribution in [2.45, 2.75) is 77.4 Å². The second kappa shape index (κ2) is 11.7. The second-order valence-electron chi connectivity index (χ2n) is 12.2. The number of carbonyl (C=O) groups is 1. The molecule has 11 heteroatoms. The zero-order valence-corrected chi connectivity index (χ0v) is 24.7. The van der Waals surface area contributed by atoms with Gasteiger partial charge in [-0.3, -0.25) is 14.4 Å². The summed E-state index contributed by atoms with van der Waals surface area (Å²) in [6, 6.07) is 8.76. The predicted molar refractivity (Wildman–Crippen MR) is 158 cm³/mol. The van der Waals surface area contributed by atoms with Gasteiger partial charge in [0, 0.05) is 55.5 Å². The third-order valence-electron chi connectivity index (χ3n) is 8.04. The standard InChI is InChI=1S/C31H38N8O3/c1-5-39-18-23(16-33-39)34-30-32-11-8-26(35-30)21-6-7-25-20(15-27(40)28-36-37-29(42-28)31(2,3)4)9-12-38(17-22(25)14-21)24-10-13-41-19-24/h6-8,11,14,16,18,20,24H,5,9-10,12-13,15,17,19H2,1-4H3,(H,32,34,35)/t20-,24+/m0/s1. The van der Waals surface area contributed by atoms with Crippen LogP contribution in [-0.4, -0.2) is 66.4 Å². The number of fused-ring (bicyclic) bond motifs is 1. The highest BCUT2D eigenvalue weighted by molar-refractivity contribution is 5.92. The zero-order valence-electron chi connectivity index (χ0n) is 24.7. The van der Waals surface area contributed by atoms with Gasteiger partial charge in [0.2, 0.25) is 17.6 Å². The molecule has 2 atom stereocenters. The van der Waals surface area contributed by atoms with Gasteiger partial charge in [0.1, 0.15) is 0 Å². The zero-order chi connectivity index (χ0) is 29.3. The largest absolute Gasteiger partial charge is 0.418 e. The van der Waals surface area contributed by atoms with Gasteiger partial charge in [-0.1, -0.05) is 32.9 Å². The molecule has 220 valence electrons. The van der Waals surface area contributed by atoms with Crippen LogP contribution in [0.2, 0.25) is 0 Å². The van der Waals surface area contributed by atoms with Gasteiger partial charge in [-0.05, 0) is 55.5 Å². The topological polar surface area (TPSA) is 124 Å². The van der Waals surface area contributed by atoms with Gasteiger partial charge in [0.15, 0.2) is 0 Å². The van der Waals surface area contributed by atoms with Crippen LogP contribution in [0, 0.1) is 0 Å². The summed E-state index contributed by atoms with van der Waals surface area (Å²) in [6.07, 6.45) is 7.66. The maximum Gasteiger partial charge on any atom is 0.284 e. The van der Waals surface area contributed by atoms with Crippen molar-refractivity contribution in [1.82, 2.24) is 34.8 Å². The molecule has 1 saturated heterocycles. The molecular formula is C31H38N8O3. The quantitative estimate of drug-likeness (QED) is 0.285. The molecule has 1 N–H and O–H groups in total. The molecule has 1 fully saturated rings. The van der Waals surface area contributed by atoms with Crippen LogP contribution in [0.15, 0.2) is 47.3 Å². The van der Waals surface area contributed by atoms with Crippen molar-refractivity contribution in [3.8, 4) is 11.3 Å². The van der Waals surface area contributed by atoms with E-state index in [9.17, 15) is 4.79 Å². The van der Waals surface area contributed by atoms with Crippen molar-refractivity contribution in [2.24, 2.45) is 0 Å². The number of aryl methyl sites for hydroxylation is 1. The van der Waals surface area contributed by atoms with Gasteiger partial charge in [-0.25, -0.2) is 9.97 Å². The Bertz CT molecular complexity index is 1550. The van der Waals surface area contributed by atoms with Gasteiger partial charge in [-0.2, -0.15) is 5.10 Å². The summed E-state index contributed by atoms with van der Waals surface area (Å²) in [4.78, 5) is 25.1. The second-order valence-corrected chi connectivity index (χ2v) is 12.2. The molecule has 5 heterocycles. The Morgan fingerprint density at radius 1 is 1.17 bits per heavy atom. The number of anilines is 2. The maximum atomic E-state index is 13.3. The monoisotopic (exact) mass is 570 g/mol. The number of ketones is 1. The number of nitrogens with one attached hydrogen (secondary N) is 1. The Labute approximate surface area is 245 Å². The van der Waals surface area contributed by atoms with Crippen LogP contribution in [0.1, 0.15) is 80.6 Å². The van der Waals surface area contributed by atoms with Crippen molar-refractivity contribution >= 4 is 17.4 Å². The van der Waals surface area contributed by atoms with E-state index >= 15 is 0 Å². The van der Waals surface area contributed by atoms with Crippen LogP contribution in [0.3, 0.4) is 0 Å². The highest BCUT2D eigenvalue weighted by atomic mass is 16.5. The van der Waals surface area contributed by atoms with E-state index in [1.807, 2.05) is 44.6 Å². The molecule has 0 saturated carbocycles. The summed E-state index contributed by atoms with van der Waals surface area (Å²) in [5, 5.41) is 15.8. The van der Waals surface area contributed by atoms with E-state index in [1.165, 1.54) is 11.1 Å². The first kappa shape index (κ1) is 28.2. The molecule has 42 heavy (non-hydrogen) atoms. The van der Waals surface area contributed by atoms with Crippen LogP contribution < -0.4 is 5.32 Å². The van der Waals surface area contributed by atoms with Crippen molar-refractivity contribution in [2.75, 3.05) is 25.1 Å². The third-order valence-corrected chi connectivity index (χ3v) is 8.04. The van der Waals surface area contributed by atoms with Crippen LogP contribution in [0.25, 0.3) is 11.3 Å². The number of carbonyl (C=O) groups excluding carboxylic acids is 1. The lowest BCUT2D eigenvalue weighted by atomic mass is 9.87. The average Bonchev–Trinajstić information content (AvgIpc) is 3.75. The molecule has 4 aromatic rings. The van der Waals surface area contributed by atoms with Crippen molar-refractivity contribution in [1.29, 1.82) is 0 Å². The lowest BCUT2D eigenvalue weighted by molar-refractivity contribution is 0.0931. The fraction of sp³-hybridized carbons (Fsp3) is 0.484. The smallest absolute Gasteiger partial charge is 0.284 e. The molecule has 1 aromatic carbocycles. The van der Waals surface area contributed by atoms with Crippen LogP contribution >= 0.6 is 0 Å².